The van der Waals surface area contributed by atoms with Crippen LogP contribution in [0.5, 0.6) is 0 Å². The second-order valence-electron chi connectivity index (χ2n) is 6.53. The summed E-state index contributed by atoms with van der Waals surface area (Å²) in [6.45, 7) is 3.06. The average molecular weight is 296 g/mol. The van der Waals surface area contributed by atoms with Crippen molar-refractivity contribution >= 4 is 0 Å². The minimum Gasteiger partial charge on any atom is -0.469 e. The van der Waals surface area contributed by atoms with Gasteiger partial charge in [-0.15, -0.1) is 0 Å². The van der Waals surface area contributed by atoms with E-state index in [4.69, 9.17) is 9.47 Å². The maximum atomic E-state index is 9.78. The highest BCUT2D eigenvalue weighted by molar-refractivity contribution is 5.03. The number of aliphatic hydroxyl groups is 1. The number of aliphatic hydroxyl groups excluding tert-OH is 1. The average Bonchev–Trinajstić information content (AvgIpc) is 2.93. The molecule has 0 amide bonds. The SMILES string of the molecule is CCCCCCC=C(OC1CCCCO1)C1CCC(O)C1. The van der Waals surface area contributed by atoms with E-state index in [-0.39, 0.29) is 12.4 Å². The molecule has 3 atom stereocenters. The van der Waals surface area contributed by atoms with E-state index in [9.17, 15) is 5.11 Å². The summed E-state index contributed by atoms with van der Waals surface area (Å²) in [5.74, 6) is 1.49. The first kappa shape index (κ1) is 16.8. The Morgan fingerprint density at radius 2 is 2.10 bits per heavy atom. The number of allylic oxidation sites excluding steroid dienone is 2. The lowest BCUT2D eigenvalue weighted by Crippen LogP contribution is -2.23. The summed E-state index contributed by atoms with van der Waals surface area (Å²) in [6.07, 6.45) is 14.5. The molecule has 0 aromatic rings. The molecule has 1 aliphatic heterocycles. The molecule has 122 valence electrons. The smallest absolute Gasteiger partial charge is 0.199 e. The number of ether oxygens (including phenoxy) is 2. The minimum absolute atomic E-state index is 0.0571. The Balaban J connectivity index is 1.84. The zero-order valence-electron chi connectivity index (χ0n) is 13.6. The monoisotopic (exact) mass is 296 g/mol. The number of hydrogen-bond acceptors (Lipinski definition) is 3. The van der Waals surface area contributed by atoms with Gasteiger partial charge in [0.2, 0.25) is 0 Å². The van der Waals surface area contributed by atoms with Crippen LogP contribution < -0.4 is 0 Å². The normalized spacial score (nSPS) is 30.6. The third kappa shape index (κ3) is 5.99. The molecule has 3 unspecified atom stereocenters. The molecule has 1 saturated heterocycles. The molecule has 1 aliphatic carbocycles. The third-order valence-corrected chi connectivity index (χ3v) is 4.62. The summed E-state index contributed by atoms with van der Waals surface area (Å²) in [6, 6.07) is 0. The molecule has 0 aromatic heterocycles. The van der Waals surface area contributed by atoms with Crippen molar-refractivity contribution in [2.75, 3.05) is 6.61 Å². The summed E-state index contributed by atoms with van der Waals surface area (Å²) >= 11 is 0. The Kier molecular flexibility index (Phi) is 7.59. The van der Waals surface area contributed by atoms with E-state index in [0.29, 0.717) is 5.92 Å². The van der Waals surface area contributed by atoms with Crippen molar-refractivity contribution in [3.8, 4) is 0 Å². The summed E-state index contributed by atoms with van der Waals surface area (Å²) in [4.78, 5) is 0. The lowest BCUT2D eigenvalue weighted by molar-refractivity contribution is -0.144. The Morgan fingerprint density at radius 3 is 2.76 bits per heavy atom. The summed E-state index contributed by atoms with van der Waals surface area (Å²) in [5.41, 5.74) is 0. The van der Waals surface area contributed by atoms with Crippen molar-refractivity contribution in [3.63, 3.8) is 0 Å². The van der Waals surface area contributed by atoms with Crippen molar-refractivity contribution in [2.45, 2.75) is 89.9 Å². The fourth-order valence-corrected chi connectivity index (χ4v) is 3.30. The predicted molar refractivity (Wildman–Crippen MR) is 84.9 cm³/mol. The van der Waals surface area contributed by atoms with Gasteiger partial charge in [0.15, 0.2) is 6.29 Å². The maximum Gasteiger partial charge on any atom is 0.199 e. The van der Waals surface area contributed by atoms with E-state index in [2.05, 4.69) is 13.0 Å². The van der Waals surface area contributed by atoms with Crippen LogP contribution in [0.3, 0.4) is 0 Å². The van der Waals surface area contributed by atoms with Crippen LogP contribution in [0.2, 0.25) is 0 Å². The Morgan fingerprint density at radius 1 is 1.19 bits per heavy atom. The Bertz CT molecular complexity index is 308. The van der Waals surface area contributed by atoms with Crippen LogP contribution >= 0.6 is 0 Å². The predicted octanol–water partition coefficient (Wildman–Crippen LogP) is 4.54. The van der Waals surface area contributed by atoms with Crippen LogP contribution in [-0.4, -0.2) is 24.1 Å². The maximum absolute atomic E-state index is 9.78. The molecule has 0 radical (unpaired) electrons. The summed E-state index contributed by atoms with van der Waals surface area (Å²) in [7, 11) is 0. The first-order chi connectivity index (χ1) is 10.3. The van der Waals surface area contributed by atoms with E-state index < -0.39 is 0 Å². The van der Waals surface area contributed by atoms with Gasteiger partial charge in [0.05, 0.1) is 18.5 Å². The molecular formula is C18H32O3. The molecule has 2 rings (SSSR count). The standard InChI is InChI=1S/C18H32O3/c1-2-3-4-5-6-9-17(15-11-12-16(19)14-15)21-18-10-7-8-13-20-18/h9,15-16,18-19H,2-8,10-14H2,1H3. The van der Waals surface area contributed by atoms with E-state index in [1.807, 2.05) is 0 Å². The molecule has 0 bridgehead atoms. The molecule has 1 N–H and O–H groups in total. The third-order valence-electron chi connectivity index (χ3n) is 4.62. The van der Waals surface area contributed by atoms with Crippen LogP contribution in [0.1, 0.15) is 77.6 Å². The van der Waals surface area contributed by atoms with E-state index >= 15 is 0 Å². The van der Waals surface area contributed by atoms with Crippen molar-refractivity contribution in [1.29, 1.82) is 0 Å². The van der Waals surface area contributed by atoms with Gasteiger partial charge in [-0.2, -0.15) is 0 Å². The molecule has 2 aliphatic rings. The summed E-state index contributed by atoms with van der Waals surface area (Å²) < 4.78 is 11.9. The first-order valence-corrected chi connectivity index (χ1v) is 8.96. The van der Waals surface area contributed by atoms with E-state index in [0.717, 1.165) is 50.9 Å². The molecule has 1 saturated carbocycles. The molecule has 0 aromatic carbocycles. The number of unbranched alkanes of at least 4 members (excludes halogenated alkanes) is 4. The number of rotatable bonds is 8. The van der Waals surface area contributed by atoms with Crippen molar-refractivity contribution in [3.05, 3.63) is 11.8 Å². The second kappa shape index (κ2) is 9.47. The molecule has 1 heterocycles. The fourth-order valence-electron chi connectivity index (χ4n) is 3.30. The molecule has 21 heavy (non-hydrogen) atoms. The van der Waals surface area contributed by atoms with Crippen molar-refractivity contribution in [2.24, 2.45) is 5.92 Å². The lowest BCUT2D eigenvalue weighted by atomic mass is 10.0. The highest BCUT2D eigenvalue weighted by atomic mass is 16.7. The van der Waals surface area contributed by atoms with Gasteiger partial charge in [-0.25, -0.2) is 0 Å². The van der Waals surface area contributed by atoms with Gasteiger partial charge in [0.25, 0.3) is 0 Å². The Hall–Kier alpha value is -0.540. The highest BCUT2D eigenvalue weighted by Crippen LogP contribution is 2.34. The quantitative estimate of drug-likeness (QED) is 0.528. The minimum atomic E-state index is -0.144. The number of hydrogen-bond donors (Lipinski definition) is 1. The van der Waals surface area contributed by atoms with Gasteiger partial charge in [-0.05, 0) is 51.0 Å². The van der Waals surface area contributed by atoms with Gasteiger partial charge >= 0.3 is 0 Å². The van der Waals surface area contributed by atoms with Crippen molar-refractivity contribution in [1.82, 2.24) is 0 Å². The second-order valence-corrected chi connectivity index (χ2v) is 6.53. The molecule has 0 spiro atoms. The van der Waals surface area contributed by atoms with Crippen molar-refractivity contribution < 1.29 is 14.6 Å². The van der Waals surface area contributed by atoms with Gasteiger partial charge in [-0.3, -0.25) is 0 Å². The zero-order valence-corrected chi connectivity index (χ0v) is 13.6. The van der Waals surface area contributed by atoms with Crippen LogP contribution in [-0.2, 0) is 9.47 Å². The van der Waals surface area contributed by atoms with Crippen LogP contribution in [0.15, 0.2) is 11.8 Å². The molecular weight excluding hydrogens is 264 g/mol. The van der Waals surface area contributed by atoms with Gasteiger partial charge in [-0.1, -0.05) is 26.2 Å². The first-order valence-electron chi connectivity index (χ1n) is 8.96. The Labute approximate surface area is 129 Å². The fraction of sp³-hybridized carbons (Fsp3) is 0.889. The molecule has 2 fully saturated rings. The van der Waals surface area contributed by atoms with Gasteiger partial charge < -0.3 is 14.6 Å². The van der Waals surface area contributed by atoms with Crippen LogP contribution in [0.25, 0.3) is 0 Å². The molecule has 3 heteroatoms. The summed E-state index contributed by atoms with van der Waals surface area (Å²) in [5, 5.41) is 9.78. The van der Waals surface area contributed by atoms with Gasteiger partial charge in [0, 0.05) is 12.3 Å². The topological polar surface area (TPSA) is 38.7 Å². The lowest BCUT2D eigenvalue weighted by Gasteiger charge is -2.27. The molecule has 3 nitrogen and oxygen atoms in total. The van der Waals surface area contributed by atoms with Crippen LogP contribution in [0.4, 0.5) is 0 Å². The van der Waals surface area contributed by atoms with E-state index in [1.54, 1.807) is 0 Å². The van der Waals surface area contributed by atoms with Gasteiger partial charge in [0.1, 0.15) is 0 Å². The largest absolute Gasteiger partial charge is 0.469 e. The van der Waals surface area contributed by atoms with Crippen LogP contribution in [0, 0.1) is 5.92 Å². The van der Waals surface area contributed by atoms with E-state index in [1.165, 1.54) is 32.1 Å². The highest BCUT2D eigenvalue weighted by Gasteiger charge is 2.29. The zero-order chi connectivity index (χ0) is 14.9.